The van der Waals surface area contributed by atoms with Crippen LogP contribution in [0.25, 0.3) is 0 Å². The molecule has 0 rings (SSSR count). The van der Waals surface area contributed by atoms with Crippen LogP contribution >= 0.6 is 0 Å². The first-order chi connectivity index (χ1) is 41.0. The summed E-state index contributed by atoms with van der Waals surface area (Å²) < 4.78 is 16.8. The number of unbranched alkanes of at least 4 members (excludes halogenated alkanes) is 32. The molecule has 0 aliphatic heterocycles. The summed E-state index contributed by atoms with van der Waals surface area (Å²) in [6, 6.07) is 0. The number of ether oxygens (including phenoxy) is 3. The molecule has 0 saturated heterocycles. The molecule has 0 aromatic carbocycles. The molecule has 0 amide bonds. The van der Waals surface area contributed by atoms with Gasteiger partial charge in [-0.1, -0.05) is 316 Å². The summed E-state index contributed by atoms with van der Waals surface area (Å²) in [5.74, 6) is -0.895. The number of hydrogen-bond donors (Lipinski definition) is 0. The van der Waals surface area contributed by atoms with Gasteiger partial charge in [-0.15, -0.1) is 0 Å². The van der Waals surface area contributed by atoms with Gasteiger partial charge in [0.1, 0.15) is 13.2 Å². The predicted molar refractivity (Wildman–Crippen MR) is 362 cm³/mol. The Kier molecular flexibility index (Phi) is 66.7. The van der Waals surface area contributed by atoms with Gasteiger partial charge in [0.05, 0.1) is 0 Å². The van der Waals surface area contributed by atoms with Crippen LogP contribution in [-0.2, 0) is 28.6 Å². The lowest BCUT2D eigenvalue weighted by Gasteiger charge is -2.18. The van der Waals surface area contributed by atoms with Crippen LogP contribution < -0.4 is 0 Å². The quantitative estimate of drug-likeness (QED) is 0.0261. The molecule has 1 atom stereocenters. The first kappa shape index (κ1) is 78.8. The molecular formula is C77H130O6. The van der Waals surface area contributed by atoms with Crippen molar-refractivity contribution in [3.05, 3.63) is 122 Å². The molecule has 0 aromatic rings. The van der Waals surface area contributed by atoms with Crippen molar-refractivity contribution in [2.24, 2.45) is 0 Å². The molecule has 0 N–H and O–H groups in total. The molecule has 6 nitrogen and oxygen atoms in total. The van der Waals surface area contributed by atoms with Crippen LogP contribution in [0.1, 0.15) is 329 Å². The number of carbonyl (C=O) groups is 3. The van der Waals surface area contributed by atoms with Crippen molar-refractivity contribution in [1.29, 1.82) is 0 Å². The van der Waals surface area contributed by atoms with Gasteiger partial charge in [-0.2, -0.15) is 0 Å². The van der Waals surface area contributed by atoms with E-state index in [4.69, 9.17) is 14.2 Å². The highest BCUT2D eigenvalue weighted by Gasteiger charge is 2.19. The Bertz CT molecular complexity index is 1700. The topological polar surface area (TPSA) is 78.9 Å². The first-order valence-electron chi connectivity index (χ1n) is 35.0. The van der Waals surface area contributed by atoms with E-state index in [1.165, 1.54) is 161 Å². The molecule has 6 heteroatoms. The molecule has 0 radical (unpaired) electrons. The standard InChI is InChI=1S/C77H130O6/c1-4-7-10-13-15-17-19-21-23-25-27-29-31-33-35-36-37-38-39-40-42-43-45-47-49-51-53-55-57-59-61-64-67-70-76(79)82-73-74(72-81-75(78)69-66-63-12-9-6-3)83-77(80)71-68-65-62-60-58-56-54-52-50-48-46-44-41-34-32-30-28-26-24-22-20-18-16-14-11-8-5-2/h7,10,15,17,20-23,26-29,33,35,37-38,40,42,45,47,74H,4-6,8-9,11-14,16,18-19,24-25,30-32,34,36,39,41,43-44,46,48-73H2,1-3H3/b10-7-,17-15-,22-20-,23-21-,28-26-,29-27-,35-33-,38-37-,42-40-,47-45-. The van der Waals surface area contributed by atoms with Crippen LogP contribution in [0.4, 0.5) is 0 Å². The van der Waals surface area contributed by atoms with Gasteiger partial charge in [0.2, 0.25) is 0 Å². The summed E-state index contributed by atoms with van der Waals surface area (Å²) in [5.41, 5.74) is 0. The monoisotopic (exact) mass is 1150 g/mol. The Morgan fingerprint density at radius 3 is 0.735 bits per heavy atom. The lowest BCUT2D eigenvalue weighted by Crippen LogP contribution is -2.30. The summed E-state index contributed by atoms with van der Waals surface area (Å²) in [7, 11) is 0. The maximum absolute atomic E-state index is 12.9. The molecule has 0 aromatic heterocycles. The maximum Gasteiger partial charge on any atom is 0.306 e. The molecule has 0 aliphatic rings. The molecule has 0 aliphatic carbocycles. The minimum absolute atomic E-state index is 0.0806. The van der Waals surface area contributed by atoms with Crippen LogP contribution in [0, 0.1) is 0 Å². The SMILES string of the molecule is CC/C=C\C/C=C\C/C=C\C/C=C\C/C=C\C/C=C\C/C=C\C/C=C\CCCCCCCCCCC(=O)OCC(COC(=O)CCCCCCC)OC(=O)CCCCCCCCCCCCCCCCC/C=C\C/C=C\CCCCCCC. The molecule has 1 unspecified atom stereocenters. The number of rotatable bonds is 63. The largest absolute Gasteiger partial charge is 0.462 e. The van der Waals surface area contributed by atoms with E-state index in [-0.39, 0.29) is 31.1 Å². The average Bonchev–Trinajstić information content (AvgIpc) is 3.49. The second-order valence-corrected chi connectivity index (χ2v) is 23.1. The summed E-state index contributed by atoms with van der Waals surface area (Å²) in [6.45, 7) is 6.45. The molecule has 0 saturated carbocycles. The van der Waals surface area contributed by atoms with Gasteiger partial charge in [0.25, 0.3) is 0 Å². The first-order valence-corrected chi connectivity index (χ1v) is 35.0. The number of esters is 3. The van der Waals surface area contributed by atoms with E-state index in [0.717, 1.165) is 128 Å². The molecule has 474 valence electrons. The van der Waals surface area contributed by atoms with Crippen molar-refractivity contribution in [3.63, 3.8) is 0 Å². The van der Waals surface area contributed by atoms with Crippen molar-refractivity contribution in [2.45, 2.75) is 335 Å². The van der Waals surface area contributed by atoms with E-state index in [2.05, 4.69) is 142 Å². The zero-order chi connectivity index (χ0) is 59.9. The second kappa shape index (κ2) is 70.3. The van der Waals surface area contributed by atoms with E-state index < -0.39 is 6.10 Å². The molecule has 0 bridgehead atoms. The van der Waals surface area contributed by atoms with Crippen molar-refractivity contribution >= 4 is 17.9 Å². The van der Waals surface area contributed by atoms with Crippen molar-refractivity contribution in [1.82, 2.24) is 0 Å². The van der Waals surface area contributed by atoms with Crippen molar-refractivity contribution < 1.29 is 28.6 Å². The summed E-state index contributed by atoms with van der Waals surface area (Å²) in [5, 5.41) is 0. The van der Waals surface area contributed by atoms with E-state index in [9.17, 15) is 14.4 Å². The Labute approximate surface area is 513 Å². The maximum atomic E-state index is 12.9. The van der Waals surface area contributed by atoms with Crippen LogP contribution in [0.5, 0.6) is 0 Å². The predicted octanol–water partition coefficient (Wildman–Crippen LogP) is 24.3. The smallest absolute Gasteiger partial charge is 0.306 e. The van der Waals surface area contributed by atoms with Gasteiger partial charge in [-0.3, -0.25) is 14.4 Å². The van der Waals surface area contributed by atoms with E-state index >= 15 is 0 Å². The van der Waals surface area contributed by atoms with Crippen molar-refractivity contribution in [3.8, 4) is 0 Å². The third-order valence-corrected chi connectivity index (χ3v) is 15.0. The molecular weight excluding hydrogens is 1020 g/mol. The van der Waals surface area contributed by atoms with Gasteiger partial charge >= 0.3 is 17.9 Å². The van der Waals surface area contributed by atoms with Crippen LogP contribution in [0.15, 0.2) is 122 Å². The average molecular weight is 1150 g/mol. The van der Waals surface area contributed by atoms with Gasteiger partial charge in [-0.05, 0) is 116 Å². The third kappa shape index (κ3) is 68.5. The highest BCUT2D eigenvalue weighted by Crippen LogP contribution is 2.17. The molecule has 0 spiro atoms. The zero-order valence-electron chi connectivity index (χ0n) is 54.4. The third-order valence-electron chi connectivity index (χ3n) is 15.0. The summed E-state index contributed by atoms with van der Waals surface area (Å²) in [4.78, 5) is 38.0. The van der Waals surface area contributed by atoms with E-state index in [1.807, 2.05) is 0 Å². The fraction of sp³-hybridized carbons (Fsp3) is 0.701. The van der Waals surface area contributed by atoms with E-state index in [1.54, 1.807) is 0 Å². The van der Waals surface area contributed by atoms with Gasteiger partial charge in [0, 0.05) is 19.3 Å². The molecule has 83 heavy (non-hydrogen) atoms. The summed E-state index contributed by atoms with van der Waals surface area (Å²) >= 11 is 0. The normalized spacial score (nSPS) is 12.9. The highest BCUT2D eigenvalue weighted by molar-refractivity contribution is 5.71. The fourth-order valence-electron chi connectivity index (χ4n) is 9.73. The second-order valence-electron chi connectivity index (χ2n) is 23.1. The van der Waals surface area contributed by atoms with Crippen LogP contribution in [0.2, 0.25) is 0 Å². The Balaban J connectivity index is 4.04. The van der Waals surface area contributed by atoms with Gasteiger partial charge < -0.3 is 14.2 Å². The molecule has 0 fully saturated rings. The zero-order valence-corrected chi connectivity index (χ0v) is 54.4. The van der Waals surface area contributed by atoms with Crippen molar-refractivity contribution in [2.75, 3.05) is 13.2 Å². The van der Waals surface area contributed by atoms with Gasteiger partial charge in [0.15, 0.2) is 6.10 Å². The Hall–Kier alpha value is -4.19. The minimum Gasteiger partial charge on any atom is -0.462 e. The van der Waals surface area contributed by atoms with Gasteiger partial charge in [-0.25, -0.2) is 0 Å². The van der Waals surface area contributed by atoms with E-state index in [0.29, 0.717) is 19.3 Å². The van der Waals surface area contributed by atoms with Crippen LogP contribution in [-0.4, -0.2) is 37.2 Å². The minimum atomic E-state index is -0.780. The number of allylic oxidation sites excluding steroid dienone is 20. The Morgan fingerprint density at radius 2 is 0.470 bits per heavy atom. The Morgan fingerprint density at radius 1 is 0.253 bits per heavy atom. The lowest BCUT2D eigenvalue weighted by atomic mass is 10.0. The fourth-order valence-corrected chi connectivity index (χ4v) is 9.73. The lowest BCUT2D eigenvalue weighted by molar-refractivity contribution is -0.167. The van der Waals surface area contributed by atoms with Crippen LogP contribution in [0.3, 0.4) is 0 Å². The summed E-state index contributed by atoms with van der Waals surface area (Å²) in [6.07, 6.45) is 98.4. The number of carbonyl (C=O) groups excluding carboxylic acids is 3. The highest BCUT2D eigenvalue weighted by atomic mass is 16.6. The number of hydrogen-bond acceptors (Lipinski definition) is 6. The molecule has 0 heterocycles.